The number of pyridine rings is 1. The molecule has 3 aromatic rings. The van der Waals surface area contributed by atoms with E-state index in [-0.39, 0.29) is 17.8 Å². The molecule has 1 aromatic carbocycles. The Morgan fingerprint density at radius 2 is 1.87 bits per heavy atom. The fraction of sp³-hybridized carbons (Fsp3) is 0.400. The van der Waals surface area contributed by atoms with Crippen molar-refractivity contribution in [1.82, 2.24) is 20.1 Å². The van der Waals surface area contributed by atoms with Crippen LogP contribution in [0.2, 0.25) is 0 Å². The van der Waals surface area contributed by atoms with Gasteiger partial charge in [-0.15, -0.1) is 0 Å². The number of aromatic amines is 1. The minimum Gasteiger partial charge on any atom is -0.329 e. The zero-order valence-electron chi connectivity index (χ0n) is 17.8. The van der Waals surface area contributed by atoms with Gasteiger partial charge in [0, 0.05) is 23.5 Å². The second-order valence-corrected chi connectivity index (χ2v) is 8.68. The zero-order valence-corrected chi connectivity index (χ0v) is 17.8. The third-order valence-corrected chi connectivity index (χ3v) is 6.51. The van der Waals surface area contributed by atoms with Gasteiger partial charge < -0.3 is 4.90 Å². The first-order valence-corrected chi connectivity index (χ1v) is 11.2. The lowest BCUT2D eigenvalue weighted by molar-refractivity contribution is 0.0598. The Kier molecular flexibility index (Phi) is 5.30. The lowest BCUT2D eigenvalue weighted by Crippen LogP contribution is -2.39. The summed E-state index contributed by atoms with van der Waals surface area (Å²) in [7, 11) is 0. The fourth-order valence-corrected chi connectivity index (χ4v) is 4.95. The highest BCUT2D eigenvalue weighted by Crippen LogP contribution is 2.34. The van der Waals surface area contributed by atoms with Crippen molar-refractivity contribution in [3.05, 3.63) is 70.6 Å². The van der Waals surface area contributed by atoms with Crippen LogP contribution in [0.25, 0.3) is 11.1 Å². The molecule has 0 radical (unpaired) electrons. The van der Waals surface area contributed by atoms with E-state index in [1.54, 1.807) is 12.1 Å². The van der Waals surface area contributed by atoms with Crippen molar-refractivity contribution in [2.45, 2.75) is 57.9 Å². The molecule has 1 fully saturated rings. The Hall–Kier alpha value is -3.02. The van der Waals surface area contributed by atoms with Gasteiger partial charge in [-0.05, 0) is 87.3 Å². The van der Waals surface area contributed by atoms with Gasteiger partial charge in [0.1, 0.15) is 5.82 Å². The molecule has 0 unspecified atom stereocenters. The highest BCUT2D eigenvalue weighted by Gasteiger charge is 2.33. The summed E-state index contributed by atoms with van der Waals surface area (Å²) in [5.74, 6) is -0.239. The molecular weight excluding hydrogens is 391 g/mol. The van der Waals surface area contributed by atoms with Crippen LogP contribution in [0.4, 0.5) is 4.39 Å². The molecule has 160 valence electrons. The maximum atomic E-state index is 13.6. The molecule has 5 nitrogen and oxygen atoms in total. The third kappa shape index (κ3) is 3.87. The van der Waals surface area contributed by atoms with Crippen LogP contribution < -0.4 is 0 Å². The van der Waals surface area contributed by atoms with Crippen LogP contribution in [0.3, 0.4) is 0 Å². The quantitative estimate of drug-likeness (QED) is 0.639. The smallest absolute Gasteiger partial charge is 0.275 e. The van der Waals surface area contributed by atoms with E-state index in [9.17, 15) is 9.18 Å². The van der Waals surface area contributed by atoms with Gasteiger partial charge in [-0.25, -0.2) is 4.39 Å². The first kappa shape index (κ1) is 19.9. The molecule has 1 aliphatic carbocycles. The van der Waals surface area contributed by atoms with Crippen molar-refractivity contribution >= 4 is 5.91 Å². The third-order valence-electron chi connectivity index (χ3n) is 6.51. The van der Waals surface area contributed by atoms with E-state index in [0.29, 0.717) is 12.2 Å². The van der Waals surface area contributed by atoms with Crippen LogP contribution in [-0.2, 0) is 12.8 Å². The molecule has 6 heteroatoms. The van der Waals surface area contributed by atoms with E-state index in [2.05, 4.69) is 16.3 Å². The largest absolute Gasteiger partial charge is 0.329 e. The summed E-state index contributed by atoms with van der Waals surface area (Å²) in [5.41, 5.74) is 6.55. The van der Waals surface area contributed by atoms with E-state index in [0.717, 1.165) is 78.7 Å². The Labute approximate surface area is 181 Å². The molecule has 1 atom stereocenters. The Balaban J connectivity index is 1.49. The number of carbonyl (C=O) groups excluding carboxylic acids is 1. The van der Waals surface area contributed by atoms with Crippen LogP contribution in [0, 0.1) is 12.7 Å². The van der Waals surface area contributed by atoms with Crippen molar-refractivity contribution in [1.29, 1.82) is 0 Å². The molecule has 3 heterocycles. The Bertz CT molecular complexity index is 1110. The summed E-state index contributed by atoms with van der Waals surface area (Å²) in [6.45, 7) is 2.68. The second kappa shape index (κ2) is 8.25. The van der Waals surface area contributed by atoms with Gasteiger partial charge in [-0.3, -0.25) is 14.9 Å². The highest BCUT2D eigenvalue weighted by molar-refractivity contribution is 5.94. The lowest BCUT2D eigenvalue weighted by atomic mass is 9.93. The van der Waals surface area contributed by atoms with Crippen LogP contribution in [-0.4, -0.2) is 32.5 Å². The molecule has 31 heavy (non-hydrogen) atoms. The maximum absolute atomic E-state index is 13.6. The normalized spacial score (nSPS) is 18.6. The second-order valence-electron chi connectivity index (χ2n) is 8.68. The predicted octanol–water partition coefficient (Wildman–Crippen LogP) is 5.17. The van der Waals surface area contributed by atoms with Gasteiger partial charge >= 0.3 is 0 Å². The highest BCUT2D eigenvalue weighted by atomic mass is 19.1. The average Bonchev–Trinajstić information content (AvgIpc) is 3.23. The number of nitrogens with zero attached hydrogens (tertiary/aromatic N) is 3. The van der Waals surface area contributed by atoms with Gasteiger partial charge in [0.05, 0.1) is 11.7 Å². The number of aryl methyl sites for hydroxylation is 2. The van der Waals surface area contributed by atoms with Crippen molar-refractivity contribution in [2.75, 3.05) is 6.54 Å². The number of piperidine rings is 1. The molecular formula is C25H27FN4O. The van der Waals surface area contributed by atoms with Crippen molar-refractivity contribution < 1.29 is 9.18 Å². The molecule has 1 aliphatic heterocycles. The number of carbonyl (C=O) groups is 1. The number of hydrogen-bond acceptors (Lipinski definition) is 3. The number of rotatable bonds is 3. The van der Waals surface area contributed by atoms with Crippen molar-refractivity contribution in [2.24, 2.45) is 0 Å². The van der Waals surface area contributed by atoms with Crippen LogP contribution in [0.5, 0.6) is 0 Å². The summed E-state index contributed by atoms with van der Waals surface area (Å²) < 4.78 is 13.4. The van der Waals surface area contributed by atoms with E-state index in [1.807, 2.05) is 17.9 Å². The number of aromatic nitrogens is 3. The first-order valence-electron chi connectivity index (χ1n) is 11.2. The minimum absolute atomic E-state index is 0.00994. The maximum Gasteiger partial charge on any atom is 0.275 e. The molecule has 1 saturated heterocycles. The molecule has 0 spiro atoms. The predicted molar refractivity (Wildman–Crippen MR) is 117 cm³/mol. The molecule has 0 saturated carbocycles. The average molecular weight is 419 g/mol. The topological polar surface area (TPSA) is 61.9 Å². The van der Waals surface area contributed by atoms with Crippen molar-refractivity contribution in [3.63, 3.8) is 0 Å². The summed E-state index contributed by atoms with van der Waals surface area (Å²) >= 11 is 0. The molecule has 2 aliphatic rings. The summed E-state index contributed by atoms with van der Waals surface area (Å²) in [6, 6.07) is 10.5. The van der Waals surface area contributed by atoms with Gasteiger partial charge in [-0.2, -0.15) is 5.10 Å². The first-order chi connectivity index (χ1) is 15.1. The summed E-state index contributed by atoms with van der Waals surface area (Å²) in [5, 5.41) is 7.52. The number of H-pyrrole nitrogens is 1. The van der Waals surface area contributed by atoms with Gasteiger partial charge in [0.25, 0.3) is 5.91 Å². The standard InChI is InChI=1S/C25H27FN4O/c1-16-14-18(17-9-11-19(26)12-10-17)15-22(27-16)23-8-4-5-13-30(23)25(31)24-20-6-2-3-7-21(20)28-29-24/h9-12,14-15,23H,2-8,13H2,1H3,(H,28,29)/t23-/m0/s1. The molecule has 1 N–H and O–H groups in total. The van der Waals surface area contributed by atoms with E-state index in [1.165, 1.54) is 12.1 Å². The number of benzene rings is 1. The summed E-state index contributed by atoms with van der Waals surface area (Å²) in [6.07, 6.45) is 7.09. The number of nitrogens with one attached hydrogen (secondary N) is 1. The van der Waals surface area contributed by atoms with Crippen LogP contribution >= 0.6 is 0 Å². The SMILES string of the molecule is Cc1cc(-c2ccc(F)cc2)cc([C@@H]2CCCCN2C(=O)c2n[nH]c3c2CCCC3)n1. The number of amides is 1. The molecule has 0 bridgehead atoms. The van der Waals surface area contributed by atoms with Gasteiger partial charge in [0.15, 0.2) is 5.69 Å². The number of hydrogen-bond donors (Lipinski definition) is 1. The molecule has 2 aromatic heterocycles. The Morgan fingerprint density at radius 1 is 1.06 bits per heavy atom. The minimum atomic E-state index is -0.249. The van der Waals surface area contributed by atoms with E-state index in [4.69, 9.17) is 4.98 Å². The van der Waals surface area contributed by atoms with Crippen molar-refractivity contribution in [3.8, 4) is 11.1 Å². The molecule has 1 amide bonds. The number of likely N-dealkylation sites (tertiary alicyclic amines) is 1. The van der Waals surface area contributed by atoms with Gasteiger partial charge in [-0.1, -0.05) is 12.1 Å². The Morgan fingerprint density at radius 3 is 2.71 bits per heavy atom. The van der Waals surface area contributed by atoms with E-state index < -0.39 is 0 Å². The zero-order chi connectivity index (χ0) is 21.4. The number of halogens is 1. The van der Waals surface area contributed by atoms with E-state index >= 15 is 0 Å². The number of fused-ring (bicyclic) bond motifs is 1. The molecule has 5 rings (SSSR count). The fourth-order valence-electron chi connectivity index (χ4n) is 4.95. The monoisotopic (exact) mass is 418 g/mol. The van der Waals surface area contributed by atoms with Crippen LogP contribution in [0.1, 0.15) is 71.3 Å². The van der Waals surface area contributed by atoms with Crippen LogP contribution in [0.15, 0.2) is 36.4 Å². The van der Waals surface area contributed by atoms with Gasteiger partial charge in [0.2, 0.25) is 0 Å². The lowest BCUT2D eigenvalue weighted by Gasteiger charge is -2.35. The summed E-state index contributed by atoms with van der Waals surface area (Å²) in [4.78, 5) is 20.3.